The first kappa shape index (κ1) is 21.2. The third-order valence-electron chi connectivity index (χ3n) is 6.59. The molecular weight excluding hydrogens is 530 g/mol. The van der Waals surface area contributed by atoms with Crippen molar-refractivity contribution in [3.05, 3.63) is 28.0 Å². The summed E-state index contributed by atoms with van der Waals surface area (Å²) >= 11 is 11.6. The second kappa shape index (κ2) is 8.14. The lowest BCUT2D eigenvalue weighted by Gasteiger charge is -2.29. The molecule has 1 aliphatic heterocycles. The van der Waals surface area contributed by atoms with Crippen molar-refractivity contribution in [1.29, 1.82) is 0 Å². The Morgan fingerprint density at radius 2 is 2.09 bits per heavy atom. The molecule has 9 nitrogen and oxygen atoms in total. The van der Waals surface area contributed by atoms with E-state index in [-0.39, 0.29) is 24.0 Å². The number of aromatic amines is 1. The van der Waals surface area contributed by atoms with Crippen LogP contribution in [0.15, 0.2) is 22.8 Å². The van der Waals surface area contributed by atoms with Crippen LogP contribution in [0.3, 0.4) is 0 Å². The van der Waals surface area contributed by atoms with Gasteiger partial charge in [-0.1, -0.05) is 35.1 Å². The van der Waals surface area contributed by atoms with Gasteiger partial charge < -0.3 is 25.7 Å². The summed E-state index contributed by atoms with van der Waals surface area (Å²) in [4.78, 5) is 31.7. The van der Waals surface area contributed by atoms with Gasteiger partial charge in [-0.2, -0.15) is 0 Å². The molecule has 3 aliphatic rings. The van der Waals surface area contributed by atoms with Crippen molar-refractivity contribution in [3.63, 3.8) is 0 Å². The molecule has 4 atom stereocenters. The zero-order valence-corrected chi connectivity index (χ0v) is 20.6. The van der Waals surface area contributed by atoms with Crippen molar-refractivity contribution >= 4 is 66.9 Å². The monoisotopic (exact) mass is 549 g/mol. The van der Waals surface area contributed by atoms with Crippen LogP contribution in [0.2, 0.25) is 5.15 Å². The summed E-state index contributed by atoms with van der Waals surface area (Å²) in [5.41, 5.74) is 7.46. The molecule has 12 heteroatoms. The number of carbonyl (C=O) groups is 1. The molecule has 0 aromatic carbocycles. The van der Waals surface area contributed by atoms with Crippen LogP contribution in [0.4, 0.5) is 15.6 Å². The van der Waals surface area contributed by atoms with Crippen LogP contribution in [0.5, 0.6) is 0 Å². The highest BCUT2D eigenvalue weighted by atomic mass is 79.9. The predicted octanol–water partition coefficient (Wildman–Crippen LogP) is 4.55. The average Bonchev–Trinajstić information content (AvgIpc) is 3.59. The number of pyridine rings is 1. The minimum absolute atomic E-state index is 0.102. The van der Waals surface area contributed by atoms with Crippen LogP contribution >= 0.6 is 38.9 Å². The van der Waals surface area contributed by atoms with Gasteiger partial charge in [-0.15, -0.1) is 0 Å². The molecule has 2 fully saturated rings. The lowest BCUT2D eigenvalue weighted by atomic mass is 9.98. The molecule has 33 heavy (non-hydrogen) atoms. The predicted molar refractivity (Wildman–Crippen MR) is 132 cm³/mol. The quantitative estimate of drug-likeness (QED) is 0.398. The lowest BCUT2D eigenvalue weighted by molar-refractivity contribution is 0.0854. The number of nitrogens with one attached hydrogen (secondary N) is 2. The van der Waals surface area contributed by atoms with Crippen LogP contribution in [-0.2, 0) is 4.74 Å². The third-order valence-corrected chi connectivity index (χ3v) is 8.70. The highest BCUT2D eigenvalue weighted by Gasteiger charge is 2.47. The number of imidazole rings is 1. The summed E-state index contributed by atoms with van der Waals surface area (Å²) in [5, 5.41) is 4.92. The molecule has 0 unspecified atom stereocenters. The van der Waals surface area contributed by atoms with E-state index in [1.165, 1.54) is 24.2 Å². The fraction of sp³-hybridized carbons (Fsp3) is 0.429. The smallest absolute Gasteiger partial charge is 0.404 e. The Morgan fingerprint density at radius 1 is 1.30 bits per heavy atom. The summed E-state index contributed by atoms with van der Waals surface area (Å²) in [7, 11) is 0. The fourth-order valence-electron chi connectivity index (χ4n) is 5.09. The van der Waals surface area contributed by atoms with Gasteiger partial charge in [0.1, 0.15) is 16.5 Å². The van der Waals surface area contributed by atoms with Crippen LogP contribution in [0, 0.1) is 11.8 Å². The maximum Gasteiger partial charge on any atom is 0.404 e. The van der Waals surface area contributed by atoms with E-state index in [9.17, 15) is 4.79 Å². The molecule has 0 spiro atoms. The van der Waals surface area contributed by atoms with Crippen molar-refractivity contribution in [2.24, 2.45) is 17.6 Å². The van der Waals surface area contributed by atoms with Gasteiger partial charge in [0.2, 0.25) is 0 Å². The molecule has 172 valence electrons. The van der Waals surface area contributed by atoms with Gasteiger partial charge in [0.25, 0.3) is 0 Å². The number of hydrogen-bond acceptors (Lipinski definition) is 8. The van der Waals surface area contributed by atoms with E-state index in [1.54, 1.807) is 6.20 Å². The maximum atomic E-state index is 11.5. The summed E-state index contributed by atoms with van der Waals surface area (Å²) in [6.07, 6.45) is 8.16. The molecule has 4 heterocycles. The number of halogens is 2. The maximum absolute atomic E-state index is 11.5. The number of rotatable bonds is 5. The van der Waals surface area contributed by atoms with E-state index in [0.29, 0.717) is 16.6 Å². The van der Waals surface area contributed by atoms with E-state index in [0.717, 1.165) is 45.2 Å². The molecule has 6 rings (SSSR count). The molecule has 2 aliphatic carbocycles. The molecule has 3 aromatic heterocycles. The van der Waals surface area contributed by atoms with Crippen LogP contribution in [0.1, 0.15) is 19.3 Å². The second-order valence-electron chi connectivity index (χ2n) is 8.60. The molecule has 3 aromatic rings. The van der Waals surface area contributed by atoms with Gasteiger partial charge in [-0.05, 0) is 35.2 Å². The lowest BCUT2D eigenvalue weighted by Crippen LogP contribution is -2.41. The highest BCUT2D eigenvalue weighted by molar-refractivity contribution is 9.10. The van der Waals surface area contributed by atoms with Gasteiger partial charge in [0.05, 0.1) is 16.2 Å². The third kappa shape index (κ3) is 3.66. The van der Waals surface area contributed by atoms with Crippen LogP contribution in [-0.4, -0.2) is 51.3 Å². The topological polar surface area (TPSA) is 122 Å². The van der Waals surface area contributed by atoms with Gasteiger partial charge >= 0.3 is 6.09 Å². The number of amides is 1. The Labute approximate surface area is 206 Å². The average molecular weight is 551 g/mol. The number of aromatic nitrogens is 4. The normalized spacial score (nSPS) is 25.9. The number of nitrogens with zero attached hydrogens (tertiary/aromatic N) is 4. The molecule has 1 amide bonds. The highest BCUT2D eigenvalue weighted by Crippen LogP contribution is 2.44. The van der Waals surface area contributed by atoms with E-state index in [2.05, 4.69) is 53.3 Å². The molecule has 1 saturated carbocycles. The van der Waals surface area contributed by atoms with Crippen LogP contribution in [0.25, 0.3) is 21.9 Å². The molecule has 1 saturated heterocycles. The first-order valence-electron chi connectivity index (χ1n) is 10.8. The van der Waals surface area contributed by atoms with E-state index in [1.807, 2.05) is 0 Å². The summed E-state index contributed by atoms with van der Waals surface area (Å²) in [6.45, 7) is 2.00. The first-order valence-corrected chi connectivity index (χ1v) is 12.8. The molecule has 0 radical (unpaired) electrons. The summed E-state index contributed by atoms with van der Waals surface area (Å²) in [5.74, 6) is 1.04. The number of nitrogens with two attached hydrogens (primary N) is 1. The Bertz CT molecular complexity index is 1270. The number of H-pyrrole nitrogens is 1. The Morgan fingerprint density at radius 3 is 2.88 bits per heavy atom. The minimum atomic E-state index is -0.760. The van der Waals surface area contributed by atoms with Crippen molar-refractivity contribution in [3.8, 4) is 10.7 Å². The number of carbonyl (C=O) groups excluding carboxylic acids is 1. The standard InChI is InChI=1S/C21H21BrClN7O2S/c22-11-8-25-18-14(13(11)26-12-9-3-4-10(7-9)15(12)32-20(24)31)27-19(29-18)16-17(23)28-21(33-16)30-5-1-2-6-30/h3-4,8-10,12,15H,1-2,5-7H2,(H2,24,31)(H2,25,26,27,29)/t9-,10+,12+,15-/m0/s1. The van der Waals surface area contributed by atoms with Crippen LogP contribution < -0.4 is 16.0 Å². The Balaban J connectivity index is 1.35. The van der Waals surface area contributed by atoms with Crippen molar-refractivity contribution < 1.29 is 9.53 Å². The summed E-state index contributed by atoms with van der Waals surface area (Å²) < 4.78 is 6.24. The zero-order chi connectivity index (χ0) is 22.7. The number of fused-ring (bicyclic) bond motifs is 3. The fourth-order valence-corrected chi connectivity index (χ4v) is 6.80. The van der Waals surface area contributed by atoms with Gasteiger partial charge in [-0.3, -0.25) is 0 Å². The SMILES string of the molecule is NC(=O)O[C@@H]1[C@H](Nc2c(Br)cnc3nc(-c4sc(N5CCCC5)nc4Cl)[nH]c23)[C@H]2C=C[C@@H]1C2. The largest absolute Gasteiger partial charge is 0.444 e. The summed E-state index contributed by atoms with van der Waals surface area (Å²) in [6, 6.07) is -0.102. The van der Waals surface area contributed by atoms with Gasteiger partial charge in [0, 0.05) is 31.1 Å². The minimum Gasteiger partial charge on any atom is -0.444 e. The number of hydrogen-bond donors (Lipinski definition) is 3. The molecular formula is C21H21BrClN7O2S. The number of anilines is 2. The number of thiazole rings is 1. The number of ether oxygens (including phenoxy) is 1. The van der Waals surface area contributed by atoms with E-state index in [4.69, 9.17) is 27.1 Å². The van der Waals surface area contributed by atoms with E-state index < -0.39 is 6.09 Å². The van der Waals surface area contributed by atoms with Gasteiger partial charge in [0.15, 0.2) is 21.8 Å². The molecule has 4 N–H and O–H groups in total. The van der Waals surface area contributed by atoms with Crippen molar-refractivity contribution in [1.82, 2.24) is 19.9 Å². The van der Waals surface area contributed by atoms with Gasteiger partial charge in [-0.25, -0.2) is 19.7 Å². The van der Waals surface area contributed by atoms with Crippen molar-refractivity contribution in [2.45, 2.75) is 31.4 Å². The first-order chi connectivity index (χ1) is 16.0. The zero-order valence-electron chi connectivity index (χ0n) is 17.4. The Kier molecular flexibility index (Phi) is 5.22. The van der Waals surface area contributed by atoms with E-state index >= 15 is 0 Å². The number of primary amides is 1. The second-order valence-corrected chi connectivity index (χ2v) is 10.8. The van der Waals surface area contributed by atoms with Crippen molar-refractivity contribution in [2.75, 3.05) is 23.3 Å². The Hall–Kier alpha value is -2.37. The molecule has 2 bridgehead atoms.